The first kappa shape index (κ1) is 13.3. The first-order valence-electron chi connectivity index (χ1n) is 5.40. The quantitative estimate of drug-likeness (QED) is 0.812. The number of ether oxygens (including phenoxy) is 2. The van der Waals surface area contributed by atoms with E-state index in [9.17, 15) is 4.79 Å². The van der Waals surface area contributed by atoms with Crippen molar-refractivity contribution in [3.63, 3.8) is 0 Å². The highest BCUT2D eigenvalue weighted by molar-refractivity contribution is 5.96. The molecule has 5 heteroatoms. The molecule has 0 fully saturated rings. The highest BCUT2D eigenvalue weighted by Gasteiger charge is 2.13. The zero-order chi connectivity index (χ0) is 12.8. The third kappa shape index (κ3) is 3.35. The number of hydrogen-bond acceptors (Lipinski definition) is 4. The van der Waals surface area contributed by atoms with Crippen molar-refractivity contribution in [2.24, 2.45) is 5.73 Å². The van der Waals surface area contributed by atoms with E-state index < -0.39 is 6.04 Å². The van der Waals surface area contributed by atoms with E-state index in [1.807, 2.05) is 6.92 Å². The summed E-state index contributed by atoms with van der Waals surface area (Å²) in [5, 5.41) is 2.72. The zero-order valence-electron chi connectivity index (χ0n) is 10.3. The first-order valence-corrected chi connectivity index (χ1v) is 5.40. The summed E-state index contributed by atoms with van der Waals surface area (Å²) in [6.45, 7) is 1.86. The predicted octanol–water partition coefficient (Wildman–Crippen LogP) is 1.38. The second-order valence-electron chi connectivity index (χ2n) is 3.57. The van der Waals surface area contributed by atoms with E-state index in [1.165, 1.54) is 7.11 Å². The smallest absolute Gasteiger partial charge is 0.241 e. The molecule has 0 aliphatic carbocycles. The number of anilines is 1. The molecule has 0 unspecified atom stereocenters. The van der Waals surface area contributed by atoms with Crippen LogP contribution in [-0.4, -0.2) is 26.2 Å². The fraction of sp³-hybridized carbons (Fsp3) is 0.417. The SMILES string of the molecule is CC[C@@H](N)C(=O)Nc1ccc(OC)cc1OC. The van der Waals surface area contributed by atoms with Gasteiger partial charge in [-0.1, -0.05) is 6.92 Å². The first-order chi connectivity index (χ1) is 8.12. The van der Waals surface area contributed by atoms with Gasteiger partial charge in [-0.15, -0.1) is 0 Å². The molecular weight excluding hydrogens is 220 g/mol. The second-order valence-corrected chi connectivity index (χ2v) is 3.57. The van der Waals surface area contributed by atoms with E-state index in [0.717, 1.165) is 0 Å². The number of amides is 1. The molecule has 0 saturated heterocycles. The Morgan fingerprint density at radius 2 is 2.12 bits per heavy atom. The van der Waals surface area contributed by atoms with Crippen molar-refractivity contribution in [3.05, 3.63) is 18.2 Å². The molecule has 0 spiro atoms. The highest BCUT2D eigenvalue weighted by atomic mass is 16.5. The van der Waals surface area contributed by atoms with Gasteiger partial charge in [-0.2, -0.15) is 0 Å². The fourth-order valence-corrected chi connectivity index (χ4v) is 1.31. The van der Waals surface area contributed by atoms with Gasteiger partial charge in [0.25, 0.3) is 0 Å². The Balaban J connectivity index is 2.87. The Kier molecular flexibility index (Phi) is 4.78. The van der Waals surface area contributed by atoms with Gasteiger partial charge in [0, 0.05) is 6.07 Å². The largest absolute Gasteiger partial charge is 0.497 e. The van der Waals surface area contributed by atoms with E-state index in [-0.39, 0.29) is 5.91 Å². The average molecular weight is 238 g/mol. The summed E-state index contributed by atoms with van der Waals surface area (Å²) in [6, 6.07) is 4.66. The second kappa shape index (κ2) is 6.10. The Hall–Kier alpha value is -1.75. The van der Waals surface area contributed by atoms with Crippen molar-refractivity contribution in [2.75, 3.05) is 19.5 Å². The van der Waals surface area contributed by atoms with Gasteiger partial charge < -0.3 is 20.5 Å². The fourth-order valence-electron chi connectivity index (χ4n) is 1.31. The molecule has 5 nitrogen and oxygen atoms in total. The summed E-state index contributed by atoms with van der Waals surface area (Å²) in [5.74, 6) is 0.983. The van der Waals surface area contributed by atoms with Gasteiger partial charge in [-0.25, -0.2) is 0 Å². The van der Waals surface area contributed by atoms with E-state index in [4.69, 9.17) is 15.2 Å². The molecule has 0 bridgehead atoms. The minimum atomic E-state index is -0.512. The van der Waals surface area contributed by atoms with Crippen molar-refractivity contribution in [1.82, 2.24) is 0 Å². The summed E-state index contributed by atoms with van der Waals surface area (Å²) >= 11 is 0. The van der Waals surface area contributed by atoms with E-state index in [2.05, 4.69) is 5.32 Å². The van der Waals surface area contributed by atoms with Crippen LogP contribution < -0.4 is 20.5 Å². The van der Waals surface area contributed by atoms with Crippen molar-refractivity contribution in [2.45, 2.75) is 19.4 Å². The molecule has 0 aliphatic heterocycles. The molecular formula is C12H18N2O3. The standard InChI is InChI=1S/C12H18N2O3/c1-4-9(13)12(15)14-10-6-5-8(16-2)7-11(10)17-3/h5-7,9H,4,13H2,1-3H3,(H,14,15)/t9-/m1/s1. The molecule has 94 valence electrons. The Morgan fingerprint density at radius 1 is 1.41 bits per heavy atom. The van der Waals surface area contributed by atoms with Gasteiger partial charge in [0.15, 0.2) is 0 Å². The van der Waals surface area contributed by atoms with Gasteiger partial charge in [0.2, 0.25) is 5.91 Å². The van der Waals surface area contributed by atoms with Crippen LogP contribution in [0, 0.1) is 0 Å². The molecule has 1 amide bonds. The van der Waals surface area contributed by atoms with Gasteiger partial charge in [-0.05, 0) is 18.6 Å². The van der Waals surface area contributed by atoms with Crippen LogP contribution in [-0.2, 0) is 4.79 Å². The number of rotatable bonds is 5. The molecule has 0 saturated carbocycles. The summed E-state index contributed by atoms with van der Waals surface area (Å²) in [6.07, 6.45) is 0.588. The molecule has 1 rings (SSSR count). The molecule has 17 heavy (non-hydrogen) atoms. The lowest BCUT2D eigenvalue weighted by Crippen LogP contribution is -2.34. The number of carbonyl (C=O) groups excluding carboxylic acids is 1. The maximum Gasteiger partial charge on any atom is 0.241 e. The predicted molar refractivity (Wildman–Crippen MR) is 66.4 cm³/mol. The number of carbonyl (C=O) groups is 1. The normalized spacial score (nSPS) is 11.8. The monoisotopic (exact) mass is 238 g/mol. The molecule has 0 aliphatic rings. The van der Waals surface area contributed by atoms with Gasteiger partial charge in [0.05, 0.1) is 25.9 Å². The summed E-state index contributed by atoms with van der Waals surface area (Å²) in [7, 11) is 3.10. The van der Waals surface area contributed by atoms with E-state index in [1.54, 1.807) is 25.3 Å². The van der Waals surface area contributed by atoms with Gasteiger partial charge in [0.1, 0.15) is 11.5 Å². The number of nitrogens with one attached hydrogen (secondary N) is 1. The summed E-state index contributed by atoms with van der Waals surface area (Å²) < 4.78 is 10.2. The Labute approximate surface area is 101 Å². The number of nitrogens with two attached hydrogens (primary N) is 1. The molecule has 0 radical (unpaired) electrons. The highest BCUT2D eigenvalue weighted by Crippen LogP contribution is 2.28. The summed E-state index contributed by atoms with van der Waals surface area (Å²) in [5.41, 5.74) is 6.22. The number of benzene rings is 1. The Morgan fingerprint density at radius 3 is 2.65 bits per heavy atom. The van der Waals surface area contributed by atoms with Crippen LogP contribution in [0.25, 0.3) is 0 Å². The average Bonchev–Trinajstić information content (AvgIpc) is 2.37. The van der Waals surface area contributed by atoms with Crippen LogP contribution in [0.2, 0.25) is 0 Å². The maximum absolute atomic E-state index is 11.6. The van der Waals surface area contributed by atoms with Crippen molar-refractivity contribution < 1.29 is 14.3 Å². The van der Waals surface area contributed by atoms with Crippen molar-refractivity contribution in [3.8, 4) is 11.5 Å². The van der Waals surface area contributed by atoms with Crippen LogP contribution in [0.3, 0.4) is 0 Å². The van der Waals surface area contributed by atoms with Gasteiger partial charge in [-0.3, -0.25) is 4.79 Å². The number of methoxy groups -OCH3 is 2. The van der Waals surface area contributed by atoms with E-state index in [0.29, 0.717) is 23.6 Å². The molecule has 0 aromatic heterocycles. The van der Waals surface area contributed by atoms with Crippen LogP contribution in [0.1, 0.15) is 13.3 Å². The zero-order valence-corrected chi connectivity index (χ0v) is 10.3. The topological polar surface area (TPSA) is 73.6 Å². The molecule has 1 aromatic rings. The number of hydrogen-bond donors (Lipinski definition) is 2. The molecule has 0 heterocycles. The minimum Gasteiger partial charge on any atom is -0.497 e. The van der Waals surface area contributed by atoms with E-state index >= 15 is 0 Å². The van der Waals surface area contributed by atoms with Crippen molar-refractivity contribution in [1.29, 1.82) is 0 Å². The van der Waals surface area contributed by atoms with Crippen LogP contribution in [0.5, 0.6) is 11.5 Å². The van der Waals surface area contributed by atoms with Crippen molar-refractivity contribution >= 4 is 11.6 Å². The minimum absolute atomic E-state index is 0.226. The van der Waals surface area contributed by atoms with Gasteiger partial charge >= 0.3 is 0 Å². The van der Waals surface area contributed by atoms with Crippen LogP contribution >= 0.6 is 0 Å². The lowest BCUT2D eigenvalue weighted by Gasteiger charge is -2.13. The Bertz CT molecular complexity index is 393. The molecule has 1 aromatic carbocycles. The molecule has 3 N–H and O–H groups in total. The third-order valence-electron chi connectivity index (χ3n) is 2.44. The van der Waals surface area contributed by atoms with Crippen LogP contribution in [0.15, 0.2) is 18.2 Å². The third-order valence-corrected chi connectivity index (χ3v) is 2.44. The summed E-state index contributed by atoms with van der Waals surface area (Å²) in [4.78, 5) is 11.6. The van der Waals surface area contributed by atoms with Crippen LogP contribution in [0.4, 0.5) is 5.69 Å². The molecule has 1 atom stereocenters. The maximum atomic E-state index is 11.6. The lowest BCUT2D eigenvalue weighted by atomic mass is 10.2. The lowest BCUT2D eigenvalue weighted by molar-refractivity contribution is -0.117.